The van der Waals surface area contributed by atoms with Crippen molar-refractivity contribution in [1.82, 2.24) is 0 Å². The number of hydrogen-bond donors (Lipinski definition) is 1. The summed E-state index contributed by atoms with van der Waals surface area (Å²) in [5.41, 5.74) is -1.58. The Hall–Kier alpha value is -0.150. The first-order chi connectivity index (χ1) is 5.00. The molecule has 0 spiro atoms. The monoisotopic (exact) mass is 162 g/mol. The van der Waals surface area contributed by atoms with Crippen LogP contribution in [0.5, 0.6) is 0 Å². The van der Waals surface area contributed by atoms with Gasteiger partial charge in [0.2, 0.25) is 0 Å². The van der Waals surface area contributed by atoms with Gasteiger partial charge in [-0.25, -0.2) is 4.39 Å². The molecular weight excluding hydrogens is 147 g/mol. The highest BCUT2D eigenvalue weighted by molar-refractivity contribution is 4.93. The van der Waals surface area contributed by atoms with Gasteiger partial charge in [0, 0.05) is 5.92 Å². The molecule has 0 aliphatic carbocycles. The summed E-state index contributed by atoms with van der Waals surface area (Å²) in [5.74, 6) is -0.220. The van der Waals surface area contributed by atoms with Crippen molar-refractivity contribution in [2.75, 3.05) is 0 Å². The van der Waals surface area contributed by atoms with Crippen LogP contribution in [-0.2, 0) is 4.74 Å². The standard InChI is InChI=1S/C8H15FO2/c1-4-6-5(2)8(3,9)7(10)11-6/h5-7,10H,4H2,1-3H3/t5-,6-,7?,8-/m1/s1. The quantitative estimate of drug-likeness (QED) is 0.632. The molecule has 1 aliphatic heterocycles. The third-order valence-corrected chi connectivity index (χ3v) is 2.64. The lowest BCUT2D eigenvalue weighted by Crippen LogP contribution is -2.35. The van der Waals surface area contributed by atoms with E-state index in [0.29, 0.717) is 0 Å². The Kier molecular flexibility index (Phi) is 2.21. The molecule has 0 aromatic carbocycles. The summed E-state index contributed by atoms with van der Waals surface area (Å²) in [6.07, 6.45) is -0.639. The minimum atomic E-state index is -1.58. The molecule has 0 radical (unpaired) electrons. The van der Waals surface area contributed by atoms with E-state index in [1.165, 1.54) is 6.92 Å². The molecule has 1 N–H and O–H groups in total. The summed E-state index contributed by atoms with van der Waals surface area (Å²) in [6.45, 7) is 5.08. The summed E-state index contributed by atoms with van der Waals surface area (Å²) in [7, 11) is 0. The zero-order valence-electron chi connectivity index (χ0n) is 7.17. The van der Waals surface area contributed by atoms with E-state index in [9.17, 15) is 4.39 Å². The van der Waals surface area contributed by atoms with Crippen molar-refractivity contribution in [3.05, 3.63) is 0 Å². The topological polar surface area (TPSA) is 29.5 Å². The minimum absolute atomic E-state index is 0.139. The SMILES string of the molecule is CC[C@H]1OC(O)[C@](C)(F)[C@@H]1C. The van der Waals surface area contributed by atoms with Crippen molar-refractivity contribution in [2.24, 2.45) is 5.92 Å². The summed E-state index contributed by atoms with van der Waals surface area (Å²) in [6, 6.07) is 0. The number of aliphatic hydroxyl groups excluding tert-OH is 1. The van der Waals surface area contributed by atoms with Crippen molar-refractivity contribution in [2.45, 2.75) is 45.3 Å². The minimum Gasteiger partial charge on any atom is -0.365 e. The molecule has 1 heterocycles. The summed E-state index contributed by atoms with van der Waals surface area (Å²) in [4.78, 5) is 0. The molecule has 0 saturated carbocycles. The smallest absolute Gasteiger partial charge is 0.189 e. The Morgan fingerprint density at radius 2 is 2.18 bits per heavy atom. The van der Waals surface area contributed by atoms with E-state index in [2.05, 4.69) is 0 Å². The molecule has 1 unspecified atom stereocenters. The van der Waals surface area contributed by atoms with Crippen molar-refractivity contribution in [3.8, 4) is 0 Å². The highest BCUT2D eigenvalue weighted by atomic mass is 19.1. The molecule has 2 nitrogen and oxygen atoms in total. The van der Waals surface area contributed by atoms with Gasteiger partial charge in [0.15, 0.2) is 12.0 Å². The van der Waals surface area contributed by atoms with Gasteiger partial charge >= 0.3 is 0 Å². The molecular formula is C8H15FO2. The second kappa shape index (κ2) is 2.72. The van der Waals surface area contributed by atoms with E-state index in [0.717, 1.165) is 6.42 Å². The van der Waals surface area contributed by atoms with Crippen LogP contribution in [0.25, 0.3) is 0 Å². The lowest BCUT2D eigenvalue weighted by Gasteiger charge is -2.20. The van der Waals surface area contributed by atoms with Gasteiger partial charge in [0.25, 0.3) is 0 Å². The second-order valence-electron chi connectivity index (χ2n) is 3.38. The van der Waals surface area contributed by atoms with Crippen molar-refractivity contribution in [3.63, 3.8) is 0 Å². The van der Waals surface area contributed by atoms with Crippen molar-refractivity contribution >= 4 is 0 Å². The van der Waals surface area contributed by atoms with E-state index in [1.54, 1.807) is 6.92 Å². The van der Waals surface area contributed by atoms with Crippen LogP contribution in [-0.4, -0.2) is 23.2 Å². The fraction of sp³-hybridized carbons (Fsp3) is 1.00. The molecule has 1 fully saturated rings. The fourth-order valence-electron chi connectivity index (χ4n) is 1.45. The predicted octanol–water partition coefficient (Wildman–Crippen LogP) is 1.48. The van der Waals surface area contributed by atoms with Gasteiger partial charge in [-0.2, -0.15) is 0 Å². The van der Waals surface area contributed by atoms with Crippen molar-refractivity contribution < 1.29 is 14.2 Å². The molecule has 0 amide bonds. The zero-order chi connectivity index (χ0) is 8.65. The molecule has 11 heavy (non-hydrogen) atoms. The van der Waals surface area contributed by atoms with Crippen LogP contribution in [0.15, 0.2) is 0 Å². The molecule has 66 valence electrons. The summed E-state index contributed by atoms with van der Waals surface area (Å²) in [5, 5.41) is 9.13. The van der Waals surface area contributed by atoms with Crippen LogP contribution in [0.1, 0.15) is 27.2 Å². The van der Waals surface area contributed by atoms with E-state index >= 15 is 0 Å². The number of halogens is 1. The van der Waals surface area contributed by atoms with Crippen LogP contribution in [0.2, 0.25) is 0 Å². The van der Waals surface area contributed by atoms with Gasteiger partial charge in [-0.15, -0.1) is 0 Å². The fourth-order valence-corrected chi connectivity index (χ4v) is 1.45. The Balaban J connectivity index is 2.71. The normalized spacial score (nSPS) is 51.5. The van der Waals surface area contributed by atoms with E-state index in [1.807, 2.05) is 6.92 Å². The van der Waals surface area contributed by atoms with Crippen LogP contribution in [0.3, 0.4) is 0 Å². The van der Waals surface area contributed by atoms with Gasteiger partial charge in [-0.3, -0.25) is 0 Å². The van der Waals surface area contributed by atoms with E-state index < -0.39 is 12.0 Å². The number of ether oxygens (including phenoxy) is 1. The van der Waals surface area contributed by atoms with Gasteiger partial charge in [0.05, 0.1) is 6.10 Å². The Morgan fingerprint density at radius 3 is 2.36 bits per heavy atom. The first-order valence-corrected chi connectivity index (χ1v) is 4.02. The number of hydrogen-bond acceptors (Lipinski definition) is 2. The Labute approximate surface area is 66.4 Å². The van der Waals surface area contributed by atoms with Crippen LogP contribution in [0, 0.1) is 5.92 Å². The maximum Gasteiger partial charge on any atom is 0.189 e. The number of rotatable bonds is 1. The Bertz CT molecular complexity index is 147. The molecule has 4 atom stereocenters. The largest absolute Gasteiger partial charge is 0.365 e. The average molecular weight is 162 g/mol. The third-order valence-electron chi connectivity index (χ3n) is 2.64. The molecule has 0 bridgehead atoms. The maximum absolute atomic E-state index is 13.5. The maximum atomic E-state index is 13.5. The molecule has 3 heteroatoms. The van der Waals surface area contributed by atoms with Gasteiger partial charge in [0.1, 0.15) is 0 Å². The highest BCUT2D eigenvalue weighted by Gasteiger charge is 2.50. The first-order valence-electron chi connectivity index (χ1n) is 4.02. The first kappa shape index (κ1) is 8.94. The summed E-state index contributed by atoms with van der Waals surface area (Å²) < 4.78 is 18.5. The van der Waals surface area contributed by atoms with Gasteiger partial charge in [-0.1, -0.05) is 13.8 Å². The molecule has 0 aromatic rings. The Morgan fingerprint density at radius 1 is 1.64 bits per heavy atom. The predicted molar refractivity (Wildman–Crippen MR) is 39.8 cm³/mol. The van der Waals surface area contributed by atoms with E-state index in [4.69, 9.17) is 9.84 Å². The number of aliphatic hydroxyl groups is 1. The lowest BCUT2D eigenvalue weighted by atomic mass is 9.89. The summed E-state index contributed by atoms with van der Waals surface area (Å²) >= 11 is 0. The number of alkyl halides is 1. The van der Waals surface area contributed by atoms with Crippen molar-refractivity contribution in [1.29, 1.82) is 0 Å². The molecule has 1 rings (SSSR count). The van der Waals surface area contributed by atoms with Crippen LogP contribution >= 0.6 is 0 Å². The van der Waals surface area contributed by atoms with Crippen LogP contribution in [0.4, 0.5) is 4.39 Å². The highest BCUT2D eigenvalue weighted by Crippen LogP contribution is 2.38. The van der Waals surface area contributed by atoms with Gasteiger partial charge < -0.3 is 9.84 Å². The average Bonchev–Trinajstić information content (AvgIpc) is 2.14. The van der Waals surface area contributed by atoms with E-state index in [-0.39, 0.29) is 12.0 Å². The molecule has 1 aliphatic rings. The lowest BCUT2D eigenvalue weighted by molar-refractivity contribution is -0.138. The third kappa shape index (κ3) is 1.27. The van der Waals surface area contributed by atoms with Crippen LogP contribution < -0.4 is 0 Å². The molecule has 1 saturated heterocycles. The van der Waals surface area contributed by atoms with Gasteiger partial charge in [-0.05, 0) is 13.3 Å². The zero-order valence-corrected chi connectivity index (χ0v) is 7.17. The second-order valence-corrected chi connectivity index (χ2v) is 3.38. The molecule has 0 aromatic heterocycles.